The van der Waals surface area contributed by atoms with Crippen LogP contribution in [0.3, 0.4) is 0 Å². The molecule has 0 aliphatic heterocycles. The van der Waals surface area contributed by atoms with E-state index in [1.165, 1.54) is 19.3 Å². The second kappa shape index (κ2) is 7.96. The van der Waals surface area contributed by atoms with Crippen molar-refractivity contribution in [3.05, 3.63) is 0 Å². The molecular weight excluding hydrogens is 256 g/mol. The number of amides is 1. The molecule has 1 aliphatic rings. The number of hydrogen-bond acceptors (Lipinski definition) is 4. The van der Waals surface area contributed by atoms with Crippen LogP contribution >= 0.6 is 0 Å². The smallest absolute Gasteiger partial charge is 0.236 e. The minimum absolute atomic E-state index is 0.0828. The number of aliphatic hydroxyl groups excluding tert-OH is 2. The zero-order valence-corrected chi connectivity index (χ0v) is 13.1. The zero-order valence-electron chi connectivity index (χ0n) is 13.1. The van der Waals surface area contributed by atoms with Gasteiger partial charge in [0.15, 0.2) is 0 Å². The first-order chi connectivity index (χ1) is 9.41. The molecule has 5 heteroatoms. The topological polar surface area (TPSA) is 64.0 Å². The van der Waals surface area contributed by atoms with Crippen molar-refractivity contribution in [2.24, 2.45) is 5.41 Å². The van der Waals surface area contributed by atoms with E-state index < -0.39 is 5.41 Å². The van der Waals surface area contributed by atoms with Crippen molar-refractivity contribution < 1.29 is 15.0 Å². The van der Waals surface area contributed by atoms with Crippen molar-refractivity contribution in [2.45, 2.75) is 45.1 Å². The number of likely N-dealkylation sites (N-methyl/N-ethyl adjacent to an activating group) is 2. The van der Waals surface area contributed by atoms with E-state index in [9.17, 15) is 15.0 Å². The molecule has 0 heterocycles. The Morgan fingerprint density at radius 3 is 2.20 bits per heavy atom. The summed E-state index contributed by atoms with van der Waals surface area (Å²) in [6.45, 7) is 2.49. The van der Waals surface area contributed by atoms with Crippen molar-refractivity contribution in [3.8, 4) is 0 Å². The molecule has 0 spiro atoms. The van der Waals surface area contributed by atoms with Crippen LogP contribution in [0.1, 0.15) is 39.0 Å². The Morgan fingerprint density at radius 2 is 1.70 bits per heavy atom. The molecule has 0 aromatic rings. The van der Waals surface area contributed by atoms with Crippen molar-refractivity contribution in [1.29, 1.82) is 0 Å². The van der Waals surface area contributed by atoms with Crippen LogP contribution in [-0.4, -0.2) is 72.4 Å². The highest BCUT2D eigenvalue weighted by Crippen LogP contribution is 2.22. The molecule has 0 aromatic carbocycles. The van der Waals surface area contributed by atoms with E-state index in [0.29, 0.717) is 19.1 Å². The van der Waals surface area contributed by atoms with Gasteiger partial charge < -0.3 is 15.1 Å². The van der Waals surface area contributed by atoms with Gasteiger partial charge in [0.25, 0.3) is 0 Å². The van der Waals surface area contributed by atoms with Crippen molar-refractivity contribution >= 4 is 5.91 Å². The summed E-state index contributed by atoms with van der Waals surface area (Å²) in [7, 11) is 3.75. The third kappa shape index (κ3) is 5.04. The Kier molecular flexibility index (Phi) is 6.92. The Balaban J connectivity index is 2.44. The van der Waals surface area contributed by atoms with Gasteiger partial charge in [0.1, 0.15) is 0 Å². The van der Waals surface area contributed by atoms with Gasteiger partial charge in [-0.15, -0.1) is 0 Å². The zero-order chi connectivity index (χ0) is 15.2. The molecule has 0 unspecified atom stereocenters. The van der Waals surface area contributed by atoms with Gasteiger partial charge in [0, 0.05) is 25.0 Å². The molecule has 0 aromatic heterocycles. The fourth-order valence-corrected chi connectivity index (χ4v) is 2.87. The lowest BCUT2D eigenvalue weighted by Gasteiger charge is -2.34. The lowest BCUT2D eigenvalue weighted by molar-refractivity contribution is -0.134. The maximum Gasteiger partial charge on any atom is 0.236 e. The summed E-state index contributed by atoms with van der Waals surface area (Å²) in [5, 5.41) is 18.6. The minimum atomic E-state index is -0.557. The quantitative estimate of drug-likeness (QED) is 0.723. The molecule has 1 fully saturated rings. The highest BCUT2D eigenvalue weighted by molar-refractivity contribution is 5.78. The van der Waals surface area contributed by atoms with Crippen LogP contribution < -0.4 is 0 Å². The monoisotopic (exact) mass is 286 g/mol. The highest BCUT2D eigenvalue weighted by Gasteiger charge is 2.27. The van der Waals surface area contributed by atoms with Crippen LogP contribution in [0, 0.1) is 5.41 Å². The standard InChI is InChI=1S/C15H30N2O3/c1-15(11-18,12-19)10-16(2)9-14(20)17(3)13-7-5-4-6-8-13/h13,18-19H,4-12H2,1-3H3. The fourth-order valence-electron chi connectivity index (χ4n) is 2.87. The number of rotatable bonds is 7. The fraction of sp³-hybridized carbons (Fsp3) is 0.933. The van der Waals surface area contributed by atoms with Gasteiger partial charge in [-0.05, 0) is 19.9 Å². The molecule has 1 amide bonds. The average molecular weight is 286 g/mol. The molecule has 0 bridgehead atoms. The van der Waals surface area contributed by atoms with E-state index in [1.807, 2.05) is 30.8 Å². The van der Waals surface area contributed by atoms with E-state index >= 15 is 0 Å². The summed E-state index contributed by atoms with van der Waals surface area (Å²) in [5.74, 6) is 0.123. The Hall–Kier alpha value is -0.650. The normalized spacial score (nSPS) is 17.5. The third-order valence-electron chi connectivity index (χ3n) is 4.34. The molecule has 0 saturated heterocycles. The summed E-state index contributed by atoms with van der Waals surface area (Å²) in [4.78, 5) is 16.0. The largest absolute Gasteiger partial charge is 0.396 e. The molecule has 0 atom stereocenters. The summed E-state index contributed by atoms with van der Waals surface area (Å²) in [5.41, 5.74) is -0.557. The molecule has 20 heavy (non-hydrogen) atoms. The minimum Gasteiger partial charge on any atom is -0.396 e. The summed E-state index contributed by atoms with van der Waals surface area (Å²) >= 11 is 0. The molecule has 1 saturated carbocycles. The molecule has 1 rings (SSSR count). The number of nitrogens with zero attached hydrogens (tertiary/aromatic N) is 2. The second-order valence-corrected chi connectivity index (χ2v) is 6.60. The Bertz CT molecular complexity index is 299. The molecule has 2 N–H and O–H groups in total. The van der Waals surface area contributed by atoms with Gasteiger partial charge >= 0.3 is 0 Å². The lowest BCUT2D eigenvalue weighted by atomic mass is 9.92. The van der Waals surface area contributed by atoms with Gasteiger partial charge in [-0.2, -0.15) is 0 Å². The first-order valence-corrected chi connectivity index (χ1v) is 7.58. The van der Waals surface area contributed by atoms with Crippen LogP contribution in [0.15, 0.2) is 0 Å². The van der Waals surface area contributed by atoms with Crippen LogP contribution in [0.4, 0.5) is 0 Å². The van der Waals surface area contributed by atoms with Gasteiger partial charge in [-0.25, -0.2) is 0 Å². The van der Waals surface area contributed by atoms with Crippen LogP contribution in [0.2, 0.25) is 0 Å². The predicted molar refractivity (Wildman–Crippen MR) is 79.4 cm³/mol. The Morgan fingerprint density at radius 1 is 1.15 bits per heavy atom. The summed E-state index contributed by atoms with van der Waals surface area (Å²) in [6, 6.07) is 0.381. The van der Waals surface area contributed by atoms with Gasteiger partial charge in [-0.1, -0.05) is 26.2 Å². The first-order valence-electron chi connectivity index (χ1n) is 7.58. The third-order valence-corrected chi connectivity index (χ3v) is 4.34. The molecule has 1 aliphatic carbocycles. The maximum atomic E-state index is 12.3. The van der Waals surface area contributed by atoms with Gasteiger partial charge in [0.2, 0.25) is 5.91 Å². The highest BCUT2D eigenvalue weighted by atomic mass is 16.3. The van der Waals surface area contributed by atoms with Crippen molar-refractivity contribution in [1.82, 2.24) is 9.80 Å². The number of aliphatic hydroxyl groups is 2. The van der Waals surface area contributed by atoms with E-state index in [-0.39, 0.29) is 19.1 Å². The number of carbonyl (C=O) groups is 1. The molecule has 5 nitrogen and oxygen atoms in total. The summed E-state index contributed by atoms with van der Waals surface area (Å²) in [6.07, 6.45) is 5.92. The molecule has 0 radical (unpaired) electrons. The number of hydrogen-bond donors (Lipinski definition) is 2. The van der Waals surface area contributed by atoms with Crippen LogP contribution in [0.25, 0.3) is 0 Å². The van der Waals surface area contributed by atoms with Crippen LogP contribution in [0.5, 0.6) is 0 Å². The van der Waals surface area contributed by atoms with Gasteiger partial charge in [-0.3, -0.25) is 9.69 Å². The molecule has 118 valence electrons. The van der Waals surface area contributed by atoms with Crippen molar-refractivity contribution in [3.63, 3.8) is 0 Å². The SMILES string of the molecule is CN(CC(=O)N(C)C1CCCCC1)CC(C)(CO)CO. The lowest BCUT2D eigenvalue weighted by Crippen LogP contribution is -2.46. The number of carbonyl (C=O) groups excluding carboxylic acids is 1. The van der Waals surface area contributed by atoms with E-state index in [4.69, 9.17) is 0 Å². The van der Waals surface area contributed by atoms with E-state index in [0.717, 1.165) is 12.8 Å². The summed E-state index contributed by atoms with van der Waals surface area (Å²) < 4.78 is 0. The first kappa shape index (κ1) is 17.4. The van der Waals surface area contributed by atoms with Crippen LogP contribution in [-0.2, 0) is 4.79 Å². The van der Waals surface area contributed by atoms with E-state index in [2.05, 4.69) is 0 Å². The average Bonchev–Trinajstić information content (AvgIpc) is 2.46. The van der Waals surface area contributed by atoms with Crippen molar-refractivity contribution in [2.75, 3.05) is 40.4 Å². The molecular formula is C15H30N2O3. The van der Waals surface area contributed by atoms with E-state index in [1.54, 1.807) is 0 Å². The second-order valence-electron chi connectivity index (χ2n) is 6.60. The Labute approximate surface area is 122 Å². The predicted octanol–water partition coefficient (Wildman–Crippen LogP) is 0.700. The van der Waals surface area contributed by atoms with Gasteiger partial charge in [0.05, 0.1) is 19.8 Å². The maximum absolute atomic E-state index is 12.3.